The summed E-state index contributed by atoms with van der Waals surface area (Å²) in [7, 11) is 0. The fourth-order valence-electron chi connectivity index (χ4n) is 2.17. The third-order valence-corrected chi connectivity index (χ3v) is 2.89. The van der Waals surface area contributed by atoms with Gasteiger partial charge in [-0.1, -0.05) is 42.3 Å². The van der Waals surface area contributed by atoms with Gasteiger partial charge in [-0.3, -0.25) is 0 Å². The Labute approximate surface area is 93.9 Å². The van der Waals surface area contributed by atoms with Gasteiger partial charge in [0.25, 0.3) is 0 Å². The Morgan fingerprint density at radius 3 is 2.75 bits per heavy atom. The molecular formula is C16H10. The highest BCUT2D eigenvalue weighted by Gasteiger charge is 2.00. The predicted molar refractivity (Wildman–Crippen MR) is 66.7 cm³/mol. The van der Waals surface area contributed by atoms with Crippen LogP contribution in [-0.2, 0) is 0 Å². The molecule has 0 heteroatoms. The van der Waals surface area contributed by atoms with E-state index in [9.17, 15) is 0 Å². The summed E-state index contributed by atoms with van der Waals surface area (Å²) in [6, 6.07) is 14.8. The minimum Gasteiger partial charge on any atom is -0.115 e. The monoisotopic (exact) mass is 202 g/mol. The number of benzene rings is 2. The summed E-state index contributed by atoms with van der Waals surface area (Å²) in [5, 5.41) is 4.98. The molecule has 16 heavy (non-hydrogen) atoms. The van der Waals surface area contributed by atoms with Crippen molar-refractivity contribution in [3.8, 4) is 12.3 Å². The van der Waals surface area contributed by atoms with Gasteiger partial charge in [0, 0.05) is 0 Å². The Bertz CT molecular complexity index is 802. The van der Waals surface area contributed by atoms with Gasteiger partial charge in [-0.05, 0) is 44.7 Å². The van der Waals surface area contributed by atoms with Crippen molar-refractivity contribution in [3.05, 3.63) is 68.9 Å². The smallest absolute Gasteiger partial charge is 0.00487 e. The van der Waals surface area contributed by atoms with Crippen LogP contribution in [0.1, 0.15) is 5.56 Å². The second-order valence-corrected chi connectivity index (χ2v) is 3.89. The summed E-state index contributed by atoms with van der Waals surface area (Å²) in [5.74, 6) is 2.56. The van der Waals surface area contributed by atoms with Crippen molar-refractivity contribution in [1.82, 2.24) is 0 Å². The normalized spacial score (nSPS) is 12.6. The average Bonchev–Trinajstić information content (AvgIpc) is 2.67. The highest BCUT2D eigenvalue weighted by atomic mass is 14.0. The number of hydrogen-bond acceptors (Lipinski definition) is 0. The molecule has 0 atom stereocenters. The summed E-state index contributed by atoms with van der Waals surface area (Å²) in [6.07, 6.45) is 9.27. The molecule has 0 spiro atoms. The molecule has 3 rings (SSSR count). The van der Waals surface area contributed by atoms with Crippen LogP contribution in [0, 0.1) is 22.8 Å². The minimum absolute atomic E-state index is 1.09. The van der Waals surface area contributed by atoms with Crippen LogP contribution in [0.3, 0.4) is 0 Å². The number of rotatable bonds is 0. The lowest BCUT2D eigenvalue weighted by Gasteiger charge is -1.91. The van der Waals surface area contributed by atoms with E-state index in [-0.39, 0.29) is 0 Å². The summed E-state index contributed by atoms with van der Waals surface area (Å²) in [5.41, 5.74) is 1.25. The standard InChI is InChI=1S/C16H10/c1-2-5-12-8-9-16-14(10-12)11-13-6-3-4-7-15(13)16/h1,3-11H. The highest BCUT2D eigenvalue weighted by molar-refractivity contribution is 5.57. The van der Waals surface area contributed by atoms with Crippen molar-refractivity contribution in [2.24, 2.45) is 0 Å². The van der Waals surface area contributed by atoms with Gasteiger partial charge in [0.05, 0.1) is 0 Å². The van der Waals surface area contributed by atoms with Gasteiger partial charge in [0.1, 0.15) is 0 Å². The molecular weight excluding hydrogens is 192 g/mol. The van der Waals surface area contributed by atoms with Gasteiger partial charge in [0.2, 0.25) is 0 Å². The van der Waals surface area contributed by atoms with Gasteiger partial charge in [0.15, 0.2) is 0 Å². The first-order valence-electron chi connectivity index (χ1n) is 5.26. The molecule has 0 amide bonds. The van der Waals surface area contributed by atoms with Crippen LogP contribution in [0.2, 0.25) is 0 Å². The topological polar surface area (TPSA) is 0 Å². The predicted octanol–water partition coefficient (Wildman–Crippen LogP) is 1.53. The number of fused-ring (bicyclic) bond motifs is 2. The Morgan fingerprint density at radius 1 is 1.00 bits per heavy atom. The van der Waals surface area contributed by atoms with Crippen LogP contribution in [0.4, 0.5) is 0 Å². The van der Waals surface area contributed by atoms with Crippen molar-refractivity contribution in [2.75, 3.05) is 0 Å². The van der Waals surface area contributed by atoms with Crippen molar-refractivity contribution in [2.45, 2.75) is 0 Å². The van der Waals surface area contributed by atoms with E-state index in [1.54, 1.807) is 6.08 Å². The number of hydrogen-bond donors (Lipinski definition) is 0. The lowest BCUT2D eigenvalue weighted by molar-refractivity contribution is 1.46. The average molecular weight is 202 g/mol. The van der Waals surface area contributed by atoms with Gasteiger partial charge in [-0.2, -0.15) is 0 Å². The molecule has 0 bridgehead atoms. The van der Waals surface area contributed by atoms with Crippen LogP contribution in [-0.4, -0.2) is 0 Å². The maximum absolute atomic E-state index is 5.27. The van der Waals surface area contributed by atoms with E-state index in [1.807, 2.05) is 0 Å². The van der Waals surface area contributed by atoms with Gasteiger partial charge >= 0.3 is 0 Å². The van der Waals surface area contributed by atoms with Gasteiger partial charge in [-0.25, -0.2) is 0 Å². The van der Waals surface area contributed by atoms with E-state index in [0.717, 1.165) is 5.22 Å². The molecule has 0 saturated heterocycles. The SMILES string of the molecule is C#CC=c1ccc2c(c1)C=c1ccccc1=2. The summed E-state index contributed by atoms with van der Waals surface area (Å²) in [4.78, 5) is 0. The zero-order valence-electron chi connectivity index (χ0n) is 8.77. The molecule has 0 nitrogen and oxygen atoms in total. The highest BCUT2D eigenvalue weighted by Crippen LogP contribution is 2.06. The van der Waals surface area contributed by atoms with Crippen molar-refractivity contribution < 1.29 is 0 Å². The van der Waals surface area contributed by atoms with Crippen molar-refractivity contribution >= 4 is 12.2 Å². The molecule has 0 fully saturated rings. The van der Waals surface area contributed by atoms with E-state index >= 15 is 0 Å². The summed E-state index contributed by atoms with van der Waals surface area (Å²) < 4.78 is 0. The van der Waals surface area contributed by atoms with Crippen LogP contribution in [0.15, 0.2) is 42.5 Å². The quantitative estimate of drug-likeness (QED) is 0.485. The Morgan fingerprint density at radius 2 is 1.88 bits per heavy atom. The van der Waals surface area contributed by atoms with Crippen LogP contribution in [0.25, 0.3) is 12.2 Å². The fourth-order valence-corrected chi connectivity index (χ4v) is 2.17. The second-order valence-electron chi connectivity index (χ2n) is 3.89. The lowest BCUT2D eigenvalue weighted by atomic mass is 10.1. The minimum atomic E-state index is 1.09. The Kier molecular flexibility index (Phi) is 1.91. The fraction of sp³-hybridized carbons (Fsp3) is 0. The van der Waals surface area contributed by atoms with Crippen LogP contribution >= 0.6 is 0 Å². The maximum Gasteiger partial charge on any atom is -0.00487 e. The molecule has 2 aromatic carbocycles. The third kappa shape index (κ3) is 1.26. The van der Waals surface area contributed by atoms with Gasteiger partial charge in [-0.15, -0.1) is 6.42 Å². The first-order valence-corrected chi connectivity index (χ1v) is 5.26. The number of terminal acetylenes is 1. The zero-order valence-corrected chi connectivity index (χ0v) is 8.77. The molecule has 74 valence electrons. The maximum atomic E-state index is 5.27. The van der Waals surface area contributed by atoms with E-state index in [4.69, 9.17) is 6.42 Å². The molecule has 1 aliphatic rings. The molecule has 0 aromatic heterocycles. The summed E-state index contributed by atoms with van der Waals surface area (Å²) >= 11 is 0. The van der Waals surface area contributed by atoms with Gasteiger partial charge < -0.3 is 0 Å². The molecule has 1 aliphatic carbocycles. The van der Waals surface area contributed by atoms with E-state index < -0.39 is 0 Å². The van der Waals surface area contributed by atoms with E-state index in [0.29, 0.717) is 0 Å². The molecule has 2 aromatic rings. The molecule has 0 saturated carbocycles. The van der Waals surface area contributed by atoms with Crippen molar-refractivity contribution in [1.29, 1.82) is 0 Å². The lowest BCUT2D eigenvalue weighted by Crippen LogP contribution is -1.98. The van der Waals surface area contributed by atoms with E-state index in [2.05, 4.69) is 54.5 Å². The molecule has 0 radical (unpaired) electrons. The Hall–Kier alpha value is -2.26. The summed E-state index contributed by atoms with van der Waals surface area (Å²) in [6.45, 7) is 0. The molecule has 0 heterocycles. The Balaban J connectivity index is 2.48. The third-order valence-electron chi connectivity index (χ3n) is 2.89. The van der Waals surface area contributed by atoms with E-state index in [1.165, 1.54) is 21.2 Å². The molecule has 0 unspecified atom stereocenters. The molecule has 0 N–H and O–H groups in total. The first kappa shape index (κ1) is 9.00. The second kappa shape index (κ2) is 3.40. The van der Waals surface area contributed by atoms with Crippen LogP contribution in [0.5, 0.6) is 0 Å². The van der Waals surface area contributed by atoms with Crippen molar-refractivity contribution in [3.63, 3.8) is 0 Å². The largest absolute Gasteiger partial charge is 0.115 e. The van der Waals surface area contributed by atoms with Crippen LogP contribution < -0.4 is 10.4 Å². The zero-order chi connectivity index (χ0) is 11.0. The first-order chi connectivity index (χ1) is 7.88. The molecule has 0 aliphatic heterocycles.